The highest BCUT2D eigenvalue weighted by molar-refractivity contribution is 6.30. The molecule has 1 N–H and O–H groups in total. The first-order valence-corrected chi connectivity index (χ1v) is 8.86. The van der Waals surface area contributed by atoms with Gasteiger partial charge in [0.2, 0.25) is 0 Å². The first-order chi connectivity index (χ1) is 14.0. The highest BCUT2D eigenvalue weighted by Crippen LogP contribution is 2.27. The SMILES string of the molecule is COC(=O)c1ccccc1-c1ccc(/C=C(\C#N)C(=O)Nc2ccc(Cl)cc2)o1. The summed E-state index contributed by atoms with van der Waals surface area (Å²) in [6.07, 6.45) is 1.33. The van der Waals surface area contributed by atoms with Crippen LogP contribution in [0.1, 0.15) is 16.1 Å². The van der Waals surface area contributed by atoms with Gasteiger partial charge in [-0.2, -0.15) is 5.26 Å². The van der Waals surface area contributed by atoms with Crippen molar-refractivity contribution in [3.8, 4) is 17.4 Å². The van der Waals surface area contributed by atoms with Crippen LogP contribution in [0.2, 0.25) is 5.02 Å². The van der Waals surface area contributed by atoms with E-state index in [9.17, 15) is 14.9 Å². The number of hydrogen-bond donors (Lipinski definition) is 1. The number of benzene rings is 2. The van der Waals surface area contributed by atoms with E-state index >= 15 is 0 Å². The fourth-order valence-electron chi connectivity index (χ4n) is 2.58. The van der Waals surface area contributed by atoms with Crippen molar-refractivity contribution >= 4 is 35.2 Å². The zero-order valence-electron chi connectivity index (χ0n) is 15.3. The second-order valence-corrected chi connectivity index (χ2v) is 6.31. The predicted octanol–water partition coefficient (Wildman–Crippen LogP) is 4.93. The van der Waals surface area contributed by atoms with Crippen LogP contribution in [0.3, 0.4) is 0 Å². The topological polar surface area (TPSA) is 92.3 Å². The number of carbonyl (C=O) groups is 2. The Morgan fingerprint density at radius 3 is 2.52 bits per heavy atom. The highest BCUT2D eigenvalue weighted by atomic mass is 35.5. The number of methoxy groups -OCH3 is 1. The van der Waals surface area contributed by atoms with E-state index in [1.807, 2.05) is 6.07 Å². The third-order valence-corrected chi connectivity index (χ3v) is 4.23. The summed E-state index contributed by atoms with van der Waals surface area (Å²) in [6, 6.07) is 18.5. The second-order valence-electron chi connectivity index (χ2n) is 5.87. The van der Waals surface area contributed by atoms with Gasteiger partial charge in [0.25, 0.3) is 5.91 Å². The Bertz CT molecular complexity index is 1120. The smallest absolute Gasteiger partial charge is 0.338 e. The first kappa shape index (κ1) is 19.9. The van der Waals surface area contributed by atoms with Gasteiger partial charge < -0.3 is 14.5 Å². The van der Waals surface area contributed by atoms with E-state index in [1.54, 1.807) is 60.7 Å². The number of esters is 1. The maximum atomic E-state index is 12.4. The van der Waals surface area contributed by atoms with E-state index in [1.165, 1.54) is 13.2 Å². The molecule has 1 amide bonds. The van der Waals surface area contributed by atoms with Crippen molar-refractivity contribution in [3.05, 3.63) is 82.6 Å². The van der Waals surface area contributed by atoms with E-state index in [2.05, 4.69) is 5.32 Å². The van der Waals surface area contributed by atoms with Gasteiger partial charge in [0.15, 0.2) is 0 Å². The molecule has 0 aliphatic rings. The summed E-state index contributed by atoms with van der Waals surface area (Å²) in [5, 5.41) is 12.5. The normalized spacial score (nSPS) is 10.9. The van der Waals surface area contributed by atoms with Crippen LogP contribution in [-0.4, -0.2) is 19.0 Å². The number of nitrogens with zero attached hydrogens (tertiary/aromatic N) is 1. The van der Waals surface area contributed by atoms with Crippen molar-refractivity contribution in [1.82, 2.24) is 0 Å². The van der Waals surface area contributed by atoms with Gasteiger partial charge in [0.1, 0.15) is 23.2 Å². The zero-order valence-corrected chi connectivity index (χ0v) is 16.1. The van der Waals surface area contributed by atoms with Gasteiger partial charge in [0.05, 0.1) is 12.7 Å². The second kappa shape index (κ2) is 8.91. The van der Waals surface area contributed by atoms with Crippen molar-refractivity contribution in [2.45, 2.75) is 0 Å². The largest absolute Gasteiger partial charge is 0.465 e. The summed E-state index contributed by atoms with van der Waals surface area (Å²) in [4.78, 5) is 24.3. The molecule has 2 aromatic carbocycles. The standard InChI is InChI=1S/C22H15ClN2O4/c1-28-22(27)19-5-3-2-4-18(19)20-11-10-17(29-20)12-14(13-24)21(26)25-16-8-6-15(23)7-9-16/h2-12H,1H3,(H,25,26)/b14-12+. The lowest BCUT2D eigenvalue weighted by Crippen LogP contribution is -2.13. The number of rotatable bonds is 5. The Hall–Kier alpha value is -3.82. The first-order valence-electron chi connectivity index (χ1n) is 8.48. The molecule has 3 rings (SSSR count). The number of carbonyl (C=O) groups excluding carboxylic acids is 2. The molecule has 6 nitrogen and oxygen atoms in total. The minimum atomic E-state index is -0.581. The van der Waals surface area contributed by atoms with Crippen LogP contribution < -0.4 is 5.32 Å². The molecule has 0 atom stereocenters. The Kier molecular flexibility index (Phi) is 6.12. The summed E-state index contributed by atoms with van der Waals surface area (Å²) >= 11 is 5.82. The fourth-order valence-corrected chi connectivity index (χ4v) is 2.71. The third-order valence-electron chi connectivity index (χ3n) is 3.98. The molecule has 7 heteroatoms. The van der Waals surface area contributed by atoms with E-state index in [0.29, 0.717) is 33.4 Å². The van der Waals surface area contributed by atoms with Crippen LogP contribution in [0, 0.1) is 11.3 Å². The average Bonchev–Trinajstić information content (AvgIpc) is 3.21. The average molecular weight is 407 g/mol. The predicted molar refractivity (Wildman–Crippen MR) is 109 cm³/mol. The molecule has 144 valence electrons. The van der Waals surface area contributed by atoms with E-state index in [0.717, 1.165) is 0 Å². The molecule has 3 aromatic rings. The van der Waals surface area contributed by atoms with Gasteiger partial charge in [-0.3, -0.25) is 4.79 Å². The van der Waals surface area contributed by atoms with Crippen molar-refractivity contribution in [2.75, 3.05) is 12.4 Å². The number of nitrogens with one attached hydrogen (secondary N) is 1. The number of furan rings is 1. The molecule has 0 unspecified atom stereocenters. The van der Waals surface area contributed by atoms with Crippen LogP contribution in [-0.2, 0) is 9.53 Å². The van der Waals surface area contributed by atoms with Crippen molar-refractivity contribution in [3.63, 3.8) is 0 Å². The molecule has 0 saturated carbocycles. The molecule has 1 aromatic heterocycles. The number of ether oxygens (including phenoxy) is 1. The molecule has 0 fully saturated rings. The van der Waals surface area contributed by atoms with Gasteiger partial charge in [-0.1, -0.05) is 29.8 Å². The molecule has 0 saturated heterocycles. The van der Waals surface area contributed by atoms with Crippen LogP contribution in [0.4, 0.5) is 5.69 Å². The lowest BCUT2D eigenvalue weighted by Gasteiger charge is -2.05. The Labute approximate surface area is 172 Å². The summed E-state index contributed by atoms with van der Waals surface area (Å²) < 4.78 is 10.5. The van der Waals surface area contributed by atoms with Gasteiger partial charge >= 0.3 is 5.97 Å². The third kappa shape index (κ3) is 4.72. The van der Waals surface area contributed by atoms with E-state index < -0.39 is 11.9 Å². The minimum absolute atomic E-state index is 0.137. The molecular formula is C22H15ClN2O4. The molecule has 0 aliphatic heterocycles. The Balaban J connectivity index is 1.85. The maximum Gasteiger partial charge on any atom is 0.338 e. The minimum Gasteiger partial charge on any atom is -0.465 e. The van der Waals surface area contributed by atoms with Crippen LogP contribution in [0.15, 0.2) is 70.7 Å². The van der Waals surface area contributed by atoms with Gasteiger partial charge in [0, 0.05) is 22.3 Å². The maximum absolute atomic E-state index is 12.4. The summed E-state index contributed by atoms with van der Waals surface area (Å²) in [5.74, 6) is -0.369. The molecular weight excluding hydrogens is 392 g/mol. The van der Waals surface area contributed by atoms with Crippen molar-refractivity contribution in [2.24, 2.45) is 0 Å². The summed E-state index contributed by atoms with van der Waals surface area (Å²) in [7, 11) is 1.30. The van der Waals surface area contributed by atoms with Crippen molar-refractivity contribution in [1.29, 1.82) is 5.26 Å². The number of hydrogen-bond acceptors (Lipinski definition) is 5. The zero-order chi connectivity index (χ0) is 20.8. The molecule has 0 radical (unpaired) electrons. The van der Waals surface area contributed by atoms with Crippen LogP contribution in [0.25, 0.3) is 17.4 Å². The number of halogens is 1. The molecule has 0 spiro atoms. The monoisotopic (exact) mass is 406 g/mol. The fraction of sp³-hybridized carbons (Fsp3) is 0.0455. The van der Waals surface area contributed by atoms with Gasteiger partial charge in [-0.15, -0.1) is 0 Å². The number of nitriles is 1. The lowest BCUT2D eigenvalue weighted by atomic mass is 10.1. The van der Waals surface area contributed by atoms with Gasteiger partial charge in [-0.25, -0.2) is 4.79 Å². The quantitative estimate of drug-likeness (QED) is 0.368. The molecule has 1 heterocycles. The summed E-state index contributed by atoms with van der Waals surface area (Å²) in [5.41, 5.74) is 1.26. The van der Waals surface area contributed by atoms with Crippen LogP contribution in [0.5, 0.6) is 0 Å². The highest BCUT2D eigenvalue weighted by Gasteiger charge is 2.16. The van der Waals surface area contributed by atoms with Gasteiger partial charge in [-0.05, 0) is 42.5 Å². The van der Waals surface area contributed by atoms with E-state index in [4.69, 9.17) is 20.8 Å². The van der Waals surface area contributed by atoms with E-state index in [-0.39, 0.29) is 5.57 Å². The Morgan fingerprint density at radius 1 is 1.10 bits per heavy atom. The molecule has 29 heavy (non-hydrogen) atoms. The molecule has 0 bridgehead atoms. The molecule has 0 aliphatic carbocycles. The number of anilines is 1. The lowest BCUT2D eigenvalue weighted by molar-refractivity contribution is -0.112. The Morgan fingerprint density at radius 2 is 1.83 bits per heavy atom. The van der Waals surface area contributed by atoms with Crippen LogP contribution >= 0.6 is 11.6 Å². The summed E-state index contributed by atoms with van der Waals surface area (Å²) in [6.45, 7) is 0. The van der Waals surface area contributed by atoms with Crippen molar-refractivity contribution < 1.29 is 18.7 Å². The number of amides is 1.